The summed E-state index contributed by atoms with van der Waals surface area (Å²) in [5.41, 5.74) is 3.73. The van der Waals surface area contributed by atoms with Crippen LogP contribution in [0.3, 0.4) is 0 Å². The summed E-state index contributed by atoms with van der Waals surface area (Å²) in [5.74, 6) is 0. The largest absolute Gasteiger partial charge is 0.368 e. The van der Waals surface area contributed by atoms with E-state index in [1.807, 2.05) is 140 Å². The van der Waals surface area contributed by atoms with Crippen LogP contribution in [0.15, 0.2) is 150 Å². The SMILES string of the molecule is Cc1ccc(S(=O)(=O)N2CC2(CO[C@@H]2O[C@@H]3CO[C@H](c4ccccc4)O[C@@H]3[C@H](OCc3ccccc3)[C@H]2OCc2ccccc2)c2ccccc2)cc1. The van der Waals surface area contributed by atoms with Crippen LogP contribution in [-0.2, 0) is 57.2 Å². The van der Waals surface area contributed by atoms with Crippen molar-refractivity contribution in [3.05, 3.63) is 173 Å². The quantitative estimate of drug-likeness (QED) is 0.121. The molecule has 0 saturated carbocycles. The highest BCUT2D eigenvalue weighted by atomic mass is 32.2. The van der Waals surface area contributed by atoms with Crippen molar-refractivity contribution in [2.24, 2.45) is 0 Å². The fourth-order valence-electron chi connectivity index (χ4n) is 7.12. The number of sulfonamides is 1. The molecule has 3 heterocycles. The summed E-state index contributed by atoms with van der Waals surface area (Å²) in [6.45, 7) is 3.02. The minimum atomic E-state index is -3.84. The Hall–Kier alpha value is -4.23. The third-order valence-corrected chi connectivity index (χ3v) is 12.0. The zero-order chi connectivity index (χ0) is 36.3. The Bertz CT molecular complexity index is 2040. The second kappa shape index (κ2) is 15.6. The van der Waals surface area contributed by atoms with Crippen LogP contribution in [0.4, 0.5) is 0 Å². The van der Waals surface area contributed by atoms with E-state index in [0.29, 0.717) is 6.61 Å². The summed E-state index contributed by atoms with van der Waals surface area (Å²) in [5, 5.41) is 0. The van der Waals surface area contributed by atoms with Crippen LogP contribution in [0.25, 0.3) is 0 Å². The van der Waals surface area contributed by atoms with Gasteiger partial charge in [0.25, 0.3) is 0 Å². The summed E-state index contributed by atoms with van der Waals surface area (Å²) in [4.78, 5) is 0.237. The number of benzene rings is 5. The highest BCUT2D eigenvalue weighted by Gasteiger charge is 2.61. The van der Waals surface area contributed by atoms with Gasteiger partial charge >= 0.3 is 0 Å². The smallest absolute Gasteiger partial charge is 0.244 e. The van der Waals surface area contributed by atoms with Crippen molar-refractivity contribution in [2.75, 3.05) is 19.8 Å². The molecule has 3 fully saturated rings. The minimum absolute atomic E-state index is 0.0229. The van der Waals surface area contributed by atoms with E-state index in [1.165, 1.54) is 4.31 Å². The highest BCUT2D eigenvalue weighted by Crippen LogP contribution is 2.48. The lowest BCUT2D eigenvalue weighted by atomic mass is 9.96. The lowest BCUT2D eigenvalue weighted by Crippen LogP contribution is -2.63. The van der Waals surface area contributed by atoms with E-state index < -0.39 is 52.6 Å². The van der Waals surface area contributed by atoms with Crippen LogP contribution in [0.2, 0.25) is 0 Å². The third kappa shape index (κ3) is 7.73. The number of nitrogens with zero attached hydrogens (tertiary/aromatic N) is 1. The fraction of sp³-hybridized carbons (Fsp3) is 0.302. The first-order valence-corrected chi connectivity index (χ1v) is 19.4. The van der Waals surface area contributed by atoms with Crippen molar-refractivity contribution in [2.45, 2.75) is 67.6 Å². The molecule has 8 atom stereocenters. The molecule has 10 heteroatoms. The molecule has 8 rings (SSSR count). The number of ether oxygens (including phenoxy) is 6. The number of fused-ring (bicyclic) bond motifs is 1. The molecule has 3 aliphatic rings. The van der Waals surface area contributed by atoms with Crippen molar-refractivity contribution in [3.8, 4) is 0 Å². The van der Waals surface area contributed by atoms with Crippen molar-refractivity contribution in [3.63, 3.8) is 0 Å². The first kappa shape index (κ1) is 35.8. The second-order valence-corrected chi connectivity index (χ2v) is 15.6. The normalized spacial score (nSPS) is 28.2. The van der Waals surface area contributed by atoms with Gasteiger partial charge in [0.1, 0.15) is 24.4 Å². The average molecular weight is 734 g/mol. The Morgan fingerprint density at radius 1 is 0.679 bits per heavy atom. The second-order valence-electron chi connectivity index (χ2n) is 13.8. The zero-order valence-corrected chi connectivity index (χ0v) is 30.3. The predicted molar refractivity (Wildman–Crippen MR) is 198 cm³/mol. The molecule has 2 unspecified atom stereocenters. The molecule has 0 amide bonds. The van der Waals surface area contributed by atoms with Crippen molar-refractivity contribution >= 4 is 10.0 Å². The van der Waals surface area contributed by atoms with E-state index in [9.17, 15) is 8.42 Å². The molecule has 9 nitrogen and oxygen atoms in total. The molecule has 0 aliphatic carbocycles. The molecule has 5 aromatic rings. The Morgan fingerprint density at radius 3 is 1.87 bits per heavy atom. The van der Waals surface area contributed by atoms with Crippen molar-refractivity contribution < 1.29 is 36.8 Å². The van der Waals surface area contributed by atoms with Crippen molar-refractivity contribution in [1.82, 2.24) is 4.31 Å². The van der Waals surface area contributed by atoms with Gasteiger partial charge in [-0.1, -0.05) is 139 Å². The van der Waals surface area contributed by atoms with Gasteiger partial charge < -0.3 is 28.4 Å². The topological polar surface area (TPSA) is 92.5 Å². The molecule has 0 spiro atoms. The standard InChI is InChI=1S/C43H43NO8S/c1-31-22-24-36(25-23-31)53(45,46)44-29-43(44,35-20-12-5-13-21-35)30-50-42-40(48-27-33-16-8-3-9-17-33)39(47-26-32-14-6-2-7-15-32)38-37(51-42)28-49-41(52-38)34-18-10-4-11-19-34/h2-25,37-42H,26-30H2,1H3/t37-,38+,39+,40-,41+,42-,43?,44?/m1/s1. The van der Waals surface area contributed by atoms with Crippen LogP contribution in [0.1, 0.15) is 34.1 Å². The summed E-state index contributed by atoms with van der Waals surface area (Å²) < 4.78 is 69.4. The van der Waals surface area contributed by atoms with Crippen LogP contribution < -0.4 is 0 Å². The van der Waals surface area contributed by atoms with E-state index in [-0.39, 0.29) is 31.3 Å². The Morgan fingerprint density at radius 2 is 1.25 bits per heavy atom. The first-order chi connectivity index (χ1) is 25.9. The van der Waals surface area contributed by atoms with E-state index >= 15 is 0 Å². The number of hydrogen-bond acceptors (Lipinski definition) is 8. The summed E-state index contributed by atoms with van der Waals surface area (Å²) in [6.07, 6.45) is -4.03. The molecule has 0 aromatic heterocycles. The third-order valence-electron chi connectivity index (χ3n) is 10.1. The maximum Gasteiger partial charge on any atom is 0.244 e. The Kier molecular flexibility index (Phi) is 10.6. The molecule has 53 heavy (non-hydrogen) atoms. The monoisotopic (exact) mass is 733 g/mol. The lowest BCUT2D eigenvalue weighted by molar-refractivity contribution is -0.373. The number of aryl methyl sites for hydroxylation is 1. The van der Waals surface area contributed by atoms with Gasteiger partial charge in [0.05, 0.1) is 36.9 Å². The van der Waals surface area contributed by atoms with E-state index in [4.69, 9.17) is 28.4 Å². The van der Waals surface area contributed by atoms with Gasteiger partial charge in [-0.3, -0.25) is 0 Å². The van der Waals surface area contributed by atoms with Gasteiger partial charge in [-0.25, -0.2) is 8.42 Å². The molecule has 5 aromatic carbocycles. The maximum atomic E-state index is 14.0. The highest BCUT2D eigenvalue weighted by molar-refractivity contribution is 7.89. The molecule has 274 valence electrons. The predicted octanol–water partition coefficient (Wildman–Crippen LogP) is 6.92. The summed E-state index contributed by atoms with van der Waals surface area (Å²) in [7, 11) is -3.84. The van der Waals surface area contributed by atoms with Gasteiger partial charge in [0, 0.05) is 12.1 Å². The number of hydrogen-bond donors (Lipinski definition) is 0. The molecule has 0 N–H and O–H groups in total. The zero-order valence-electron chi connectivity index (χ0n) is 29.5. The van der Waals surface area contributed by atoms with Crippen LogP contribution in [0, 0.1) is 6.92 Å². The van der Waals surface area contributed by atoms with Gasteiger partial charge in [-0.2, -0.15) is 4.31 Å². The van der Waals surface area contributed by atoms with Crippen molar-refractivity contribution in [1.29, 1.82) is 0 Å². The minimum Gasteiger partial charge on any atom is -0.368 e. The molecular formula is C43H43NO8S. The van der Waals surface area contributed by atoms with E-state index in [1.54, 1.807) is 12.1 Å². The average Bonchev–Trinajstić information content (AvgIpc) is 3.97. The van der Waals surface area contributed by atoms with Gasteiger partial charge in [0.2, 0.25) is 10.0 Å². The first-order valence-electron chi connectivity index (χ1n) is 18.0. The van der Waals surface area contributed by atoms with Crippen LogP contribution in [-0.4, -0.2) is 63.2 Å². The Labute approximate surface area is 311 Å². The summed E-state index contributed by atoms with van der Waals surface area (Å²) in [6, 6.07) is 46.2. The molecule has 3 aliphatic heterocycles. The maximum absolute atomic E-state index is 14.0. The van der Waals surface area contributed by atoms with E-state index in [0.717, 1.165) is 27.8 Å². The Balaban J connectivity index is 1.11. The van der Waals surface area contributed by atoms with Gasteiger partial charge in [-0.05, 0) is 35.7 Å². The lowest BCUT2D eigenvalue weighted by Gasteiger charge is -2.49. The van der Waals surface area contributed by atoms with Crippen LogP contribution in [0.5, 0.6) is 0 Å². The molecular weight excluding hydrogens is 691 g/mol. The molecule has 0 bridgehead atoms. The fourth-order valence-corrected chi connectivity index (χ4v) is 8.86. The van der Waals surface area contributed by atoms with E-state index in [2.05, 4.69) is 0 Å². The molecule has 3 saturated heterocycles. The number of rotatable bonds is 13. The molecule has 0 radical (unpaired) electrons. The summed E-state index contributed by atoms with van der Waals surface area (Å²) >= 11 is 0. The van der Waals surface area contributed by atoms with Crippen LogP contribution >= 0.6 is 0 Å². The van der Waals surface area contributed by atoms with Gasteiger partial charge in [-0.15, -0.1) is 0 Å². The van der Waals surface area contributed by atoms with Gasteiger partial charge in [0.15, 0.2) is 12.6 Å².